The van der Waals surface area contributed by atoms with Crippen molar-refractivity contribution in [3.63, 3.8) is 0 Å². The zero-order chi connectivity index (χ0) is 26.3. The number of aromatic nitrogens is 5. The molecule has 37 heavy (non-hydrogen) atoms. The number of nitrogens with one attached hydrogen (secondary N) is 1. The second kappa shape index (κ2) is 9.45. The van der Waals surface area contributed by atoms with Crippen molar-refractivity contribution >= 4 is 39.3 Å². The van der Waals surface area contributed by atoms with E-state index >= 15 is 0 Å². The molecule has 10 heteroatoms. The van der Waals surface area contributed by atoms with Crippen LogP contribution in [0.1, 0.15) is 54.3 Å². The fourth-order valence-electron chi connectivity index (χ4n) is 4.26. The summed E-state index contributed by atoms with van der Waals surface area (Å²) in [6.45, 7) is 7.28. The number of carbonyl (C=O) groups is 2. The van der Waals surface area contributed by atoms with Crippen LogP contribution in [0.3, 0.4) is 0 Å². The Bertz CT molecular complexity index is 1730. The molecule has 3 heterocycles. The number of fused-ring (bicyclic) bond motifs is 3. The summed E-state index contributed by atoms with van der Waals surface area (Å²) in [6, 6.07) is 12.5. The van der Waals surface area contributed by atoms with Crippen molar-refractivity contribution in [2.75, 3.05) is 5.32 Å². The lowest BCUT2D eigenvalue weighted by molar-refractivity contribution is -0.116. The molecule has 5 aromatic rings. The van der Waals surface area contributed by atoms with Crippen molar-refractivity contribution in [2.45, 2.75) is 46.7 Å². The third-order valence-corrected chi connectivity index (χ3v) is 6.14. The molecule has 0 spiro atoms. The quantitative estimate of drug-likeness (QED) is 0.336. The van der Waals surface area contributed by atoms with Crippen molar-refractivity contribution in [2.24, 2.45) is 0 Å². The molecule has 0 unspecified atom stereocenters. The van der Waals surface area contributed by atoms with Crippen LogP contribution in [0.2, 0.25) is 0 Å². The van der Waals surface area contributed by atoms with Crippen LogP contribution in [0, 0.1) is 6.92 Å². The van der Waals surface area contributed by atoms with Crippen LogP contribution in [0.25, 0.3) is 21.9 Å². The van der Waals surface area contributed by atoms with E-state index in [-0.39, 0.29) is 36.3 Å². The summed E-state index contributed by atoms with van der Waals surface area (Å²) in [4.78, 5) is 47.4. The number of hydrogen-bond donors (Lipinski definition) is 1. The van der Waals surface area contributed by atoms with Crippen LogP contribution < -0.4 is 10.9 Å². The van der Waals surface area contributed by atoms with Crippen LogP contribution >= 0.6 is 0 Å². The normalized spacial score (nSPS) is 11.5. The molecule has 0 bridgehead atoms. The maximum absolute atomic E-state index is 13.7. The molecule has 3 aromatic heterocycles. The van der Waals surface area contributed by atoms with Gasteiger partial charge in [-0.15, -0.1) is 0 Å². The number of nitrogens with zero attached hydrogens (tertiary/aromatic N) is 5. The summed E-state index contributed by atoms with van der Waals surface area (Å²) in [5.74, 6) is 0.520. The van der Waals surface area contributed by atoms with Crippen molar-refractivity contribution in [1.82, 2.24) is 24.3 Å². The minimum atomic E-state index is -0.339. The van der Waals surface area contributed by atoms with Gasteiger partial charge in [-0.05, 0) is 38.1 Å². The van der Waals surface area contributed by atoms with Crippen molar-refractivity contribution < 1.29 is 14.1 Å². The summed E-state index contributed by atoms with van der Waals surface area (Å²) < 4.78 is 8.39. The van der Waals surface area contributed by atoms with E-state index in [2.05, 4.69) is 20.4 Å². The van der Waals surface area contributed by atoms with E-state index in [1.165, 1.54) is 17.8 Å². The van der Waals surface area contributed by atoms with Gasteiger partial charge in [-0.2, -0.15) is 4.98 Å². The summed E-state index contributed by atoms with van der Waals surface area (Å²) >= 11 is 0. The van der Waals surface area contributed by atoms with Gasteiger partial charge in [-0.1, -0.05) is 42.8 Å². The van der Waals surface area contributed by atoms with Crippen molar-refractivity contribution in [1.29, 1.82) is 0 Å². The van der Waals surface area contributed by atoms with Crippen LogP contribution in [0.4, 0.5) is 5.69 Å². The fraction of sp³-hybridized carbons (Fsp3) is 0.259. The number of ketones is 1. The molecule has 2 aromatic carbocycles. The van der Waals surface area contributed by atoms with Crippen molar-refractivity contribution in [3.05, 3.63) is 82.0 Å². The molecular weight excluding hydrogens is 472 g/mol. The van der Waals surface area contributed by atoms with E-state index in [1.807, 2.05) is 39.0 Å². The predicted octanol–water partition coefficient (Wildman–Crippen LogP) is 4.06. The molecule has 0 aliphatic rings. The predicted molar refractivity (Wildman–Crippen MR) is 139 cm³/mol. The van der Waals surface area contributed by atoms with Crippen LogP contribution in [-0.4, -0.2) is 35.9 Å². The molecule has 1 amide bonds. The monoisotopic (exact) mass is 498 g/mol. The van der Waals surface area contributed by atoms with E-state index in [9.17, 15) is 14.4 Å². The topological polar surface area (TPSA) is 125 Å². The number of aryl methyl sites for hydroxylation is 1. The first-order chi connectivity index (χ1) is 17.7. The van der Waals surface area contributed by atoms with Gasteiger partial charge in [0.15, 0.2) is 11.6 Å². The summed E-state index contributed by atoms with van der Waals surface area (Å²) in [5.41, 5.74) is 3.22. The van der Waals surface area contributed by atoms with Crippen molar-refractivity contribution in [3.8, 4) is 0 Å². The number of hydrogen-bond acceptors (Lipinski definition) is 7. The molecule has 188 valence electrons. The lowest BCUT2D eigenvalue weighted by atomic mass is 10.1. The maximum Gasteiger partial charge on any atom is 0.278 e. The zero-order valence-corrected chi connectivity index (χ0v) is 21.0. The number of benzene rings is 2. The third-order valence-electron chi connectivity index (χ3n) is 6.14. The summed E-state index contributed by atoms with van der Waals surface area (Å²) in [7, 11) is 0. The molecule has 10 nitrogen and oxygen atoms in total. The highest BCUT2D eigenvalue weighted by Gasteiger charge is 2.20. The minimum Gasteiger partial charge on any atom is -0.337 e. The maximum atomic E-state index is 13.7. The SMILES string of the molecule is CC(=O)c1cccc(NC(=O)Cn2c3ccc(C)cc3c3ncn(Cc4nc(C(C)C)no4)c(=O)c32)c1. The molecule has 1 N–H and O–H groups in total. The second-order valence-corrected chi connectivity index (χ2v) is 9.37. The standard InChI is InChI=1S/C27H26N6O4/c1-15(2)26-30-23(37-31-26)13-32-14-28-24-20-10-16(3)8-9-21(20)33(25(24)27(32)36)12-22(35)29-19-7-5-6-18(11-19)17(4)34/h5-11,14-15H,12-13H2,1-4H3,(H,29,35). The first-order valence-electron chi connectivity index (χ1n) is 11.9. The highest BCUT2D eigenvalue weighted by Crippen LogP contribution is 2.27. The highest BCUT2D eigenvalue weighted by atomic mass is 16.5. The lowest BCUT2D eigenvalue weighted by Crippen LogP contribution is -2.25. The van der Waals surface area contributed by atoms with Gasteiger partial charge >= 0.3 is 0 Å². The Morgan fingerprint density at radius 1 is 1.14 bits per heavy atom. The Balaban J connectivity index is 1.55. The fourth-order valence-corrected chi connectivity index (χ4v) is 4.26. The van der Waals surface area contributed by atoms with Gasteiger partial charge in [0.25, 0.3) is 5.56 Å². The third kappa shape index (κ3) is 4.65. The minimum absolute atomic E-state index is 0.0616. The molecule has 0 radical (unpaired) electrons. The van der Waals surface area contributed by atoms with Gasteiger partial charge in [0, 0.05) is 22.6 Å². The largest absolute Gasteiger partial charge is 0.337 e. The van der Waals surface area contributed by atoms with E-state index in [1.54, 1.807) is 28.8 Å². The number of amides is 1. The average molecular weight is 499 g/mol. The lowest BCUT2D eigenvalue weighted by Gasteiger charge is -2.10. The molecule has 0 atom stereocenters. The number of rotatable bonds is 7. The Labute approximate surface area is 211 Å². The second-order valence-electron chi connectivity index (χ2n) is 9.37. The van der Waals surface area contributed by atoms with Gasteiger partial charge in [0.05, 0.1) is 11.8 Å². The molecule has 0 saturated heterocycles. The molecular formula is C27H26N6O4. The first-order valence-corrected chi connectivity index (χ1v) is 11.9. The summed E-state index contributed by atoms with van der Waals surface area (Å²) in [5, 5.41) is 7.57. The number of anilines is 1. The Hall–Kier alpha value is -4.60. The van der Waals surface area contributed by atoms with E-state index in [4.69, 9.17) is 4.52 Å². The van der Waals surface area contributed by atoms with Gasteiger partial charge < -0.3 is 14.4 Å². The van der Waals surface area contributed by atoms with Gasteiger partial charge in [0.1, 0.15) is 24.1 Å². The Kier molecular flexibility index (Phi) is 6.16. The number of Topliss-reactive ketones (excluding diaryl/α,β-unsaturated/α-hetero) is 1. The Morgan fingerprint density at radius 3 is 2.68 bits per heavy atom. The van der Waals surface area contributed by atoms with E-state index < -0.39 is 0 Å². The molecule has 0 saturated carbocycles. The van der Waals surface area contributed by atoms with Gasteiger partial charge in [-0.3, -0.25) is 19.0 Å². The van der Waals surface area contributed by atoms with E-state index in [0.29, 0.717) is 34.0 Å². The smallest absolute Gasteiger partial charge is 0.278 e. The highest BCUT2D eigenvalue weighted by molar-refractivity contribution is 6.07. The Morgan fingerprint density at radius 2 is 1.95 bits per heavy atom. The first kappa shape index (κ1) is 24.1. The zero-order valence-electron chi connectivity index (χ0n) is 21.0. The number of carbonyl (C=O) groups excluding carboxylic acids is 2. The molecule has 0 fully saturated rings. The molecule has 5 rings (SSSR count). The van der Waals surface area contributed by atoms with E-state index in [0.717, 1.165) is 16.5 Å². The van der Waals surface area contributed by atoms with Gasteiger partial charge in [0.2, 0.25) is 11.8 Å². The summed E-state index contributed by atoms with van der Waals surface area (Å²) in [6.07, 6.45) is 1.46. The molecule has 0 aliphatic heterocycles. The van der Waals surface area contributed by atoms with Gasteiger partial charge in [-0.25, -0.2) is 4.98 Å². The van der Waals surface area contributed by atoms with Crippen LogP contribution in [-0.2, 0) is 17.9 Å². The molecule has 0 aliphatic carbocycles. The van der Waals surface area contributed by atoms with Crippen LogP contribution in [0.5, 0.6) is 0 Å². The average Bonchev–Trinajstić information content (AvgIpc) is 3.44. The van der Waals surface area contributed by atoms with Crippen LogP contribution in [0.15, 0.2) is 58.1 Å².